The standard InChI is InChI=1S/C12H14N2O4/c15-12(13-8-11-2-1-7-18-11)9-3-5-10(6-4-9)14(16)17/h3-6,11H,1-2,7-8H2,(H,13,15)/t11-/m0/s1. The number of amides is 1. The topological polar surface area (TPSA) is 81.5 Å². The third-order valence-electron chi connectivity index (χ3n) is 2.85. The second-order valence-corrected chi connectivity index (χ2v) is 4.15. The lowest BCUT2D eigenvalue weighted by Gasteiger charge is -2.10. The highest BCUT2D eigenvalue weighted by atomic mass is 16.6. The van der Waals surface area contributed by atoms with Gasteiger partial charge in [0.1, 0.15) is 0 Å². The van der Waals surface area contributed by atoms with Gasteiger partial charge >= 0.3 is 0 Å². The molecule has 1 amide bonds. The van der Waals surface area contributed by atoms with Crippen LogP contribution in [0.1, 0.15) is 23.2 Å². The van der Waals surface area contributed by atoms with E-state index < -0.39 is 4.92 Å². The normalized spacial score (nSPS) is 18.6. The summed E-state index contributed by atoms with van der Waals surface area (Å²) in [5, 5.41) is 13.2. The maximum Gasteiger partial charge on any atom is 0.269 e. The van der Waals surface area contributed by atoms with E-state index in [4.69, 9.17) is 4.74 Å². The Hall–Kier alpha value is -1.95. The van der Waals surface area contributed by atoms with Crippen molar-refractivity contribution in [1.82, 2.24) is 5.32 Å². The molecule has 1 aliphatic rings. The minimum Gasteiger partial charge on any atom is -0.376 e. The number of nitrogens with one attached hydrogen (secondary N) is 1. The van der Waals surface area contributed by atoms with Gasteiger partial charge in [0.25, 0.3) is 11.6 Å². The maximum absolute atomic E-state index is 11.7. The summed E-state index contributed by atoms with van der Waals surface area (Å²) in [4.78, 5) is 21.7. The van der Waals surface area contributed by atoms with E-state index in [9.17, 15) is 14.9 Å². The molecule has 1 aromatic carbocycles. The van der Waals surface area contributed by atoms with Crippen LogP contribution >= 0.6 is 0 Å². The molecule has 2 rings (SSSR count). The Bertz CT molecular complexity index is 438. The van der Waals surface area contributed by atoms with Crippen LogP contribution in [0.4, 0.5) is 5.69 Å². The van der Waals surface area contributed by atoms with E-state index in [1.165, 1.54) is 24.3 Å². The summed E-state index contributed by atoms with van der Waals surface area (Å²) in [6, 6.07) is 5.54. The van der Waals surface area contributed by atoms with Crippen molar-refractivity contribution < 1.29 is 14.5 Å². The van der Waals surface area contributed by atoms with Crippen molar-refractivity contribution in [3.8, 4) is 0 Å². The first-order valence-electron chi connectivity index (χ1n) is 5.81. The molecule has 0 spiro atoms. The van der Waals surface area contributed by atoms with Gasteiger partial charge in [-0.15, -0.1) is 0 Å². The minimum atomic E-state index is -0.492. The van der Waals surface area contributed by atoms with Gasteiger partial charge in [-0.3, -0.25) is 14.9 Å². The van der Waals surface area contributed by atoms with E-state index in [2.05, 4.69) is 5.32 Å². The molecule has 0 aliphatic carbocycles. The molecule has 0 radical (unpaired) electrons. The smallest absolute Gasteiger partial charge is 0.269 e. The van der Waals surface area contributed by atoms with Crippen LogP contribution in [0.15, 0.2) is 24.3 Å². The van der Waals surface area contributed by atoms with Gasteiger partial charge in [-0.2, -0.15) is 0 Å². The Kier molecular flexibility index (Phi) is 3.88. The molecule has 1 saturated heterocycles. The number of nitro benzene ring substituents is 1. The van der Waals surface area contributed by atoms with Gasteiger partial charge in [-0.05, 0) is 25.0 Å². The number of ether oxygens (including phenoxy) is 1. The highest BCUT2D eigenvalue weighted by Gasteiger charge is 2.16. The predicted octanol–water partition coefficient (Wildman–Crippen LogP) is 1.50. The second kappa shape index (κ2) is 5.59. The lowest BCUT2D eigenvalue weighted by molar-refractivity contribution is -0.384. The molecule has 18 heavy (non-hydrogen) atoms. The van der Waals surface area contributed by atoms with Crippen molar-refractivity contribution in [2.24, 2.45) is 0 Å². The number of hydrogen-bond acceptors (Lipinski definition) is 4. The summed E-state index contributed by atoms with van der Waals surface area (Å²) in [6.07, 6.45) is 2.07. The van der Waals surface area contributed by atoms with Crippen molar-refractivity contribution in [2.45, 2.75) is 18.9 Å². The van der Waals surface area contributed by atoms with E-state index in [0.717, 1.165) is 19.4 Å². The van der Waals surface area contributed by atoms with Crippen LogP contribution < -0.4 is 5.32 Å². The molecular formula is C12H14N2O4. The van der Waals surface area contributed by atoms with Gasteiger partial charge in [0.2, 0.25) is 0 Å². The molecule has 0 aromatic heterocycles. The molecule has 1 fully saturated rings. The molecule has 1 aromatic rings. The Balaban J connectivity index is 1.89. The first-order valence-corrected chi connectivity index (χ1v) is 5.81. The highest BCUT2D eigenvalue weighted by molar-refractivity contribution is 5.94. The van der Waals surface area contributed by atoms with E-state index in [1.807, 2.05) is 0 Å². The van der Waals surface area contributed by atoms with Crippen molar-refractivity contribution in [1.29, 1.82) is 0 Å². The fraction of sp³-hybridized carbons (Fsp3) is 0.417. The molecule has 1 N–H and O–H groups in total. The summed E-state index contributed by atoms with van der Waals surface area (Å²) in [7, 11) is 0. The highest BCUT2D eigenvalue weighted by Crippen LogP contribution is 2.13. The Morgan fingerprint density at radius 2 is 2.17 bits per heavy atom. The van der Waals surface area contributed by atoms with Crippen LogP contribution in [-0.2, 0) is 4.74 Å². The third kappa shape index (κ3) is 3.04. The molecule has 96 valence electrons. The molecule has 6 nitrogen and oxygen atoms in total. The van der Waals surface area contributed by atoms with Crippen LogP contribution in [0.25, 0.3) is 0 Å². The number of rotatable bonds is 4. The zero-order chi connectivity index (χ0) is 13.0. The lowest BCUT2D eigenvalue weighted by Crippen LogP contribution is -2.31. The summed E-state index contributed by atoms with van der Waals surface area (Å²) in [6.45, 7) is 1.23. The van der Waals surface area contributed by atoms with Gasteiger partial charge in [0.15, 0.2) is 0 Å². The lowest BCUT2D eigenvalue weighted by atomic mass is 10.2. The number of nitro groups is 1. The summed E-state index contributed by atoms with van der Waals surface area (Å²) in [5.74, 6) is -0.236. The van der Waals surface area contributed by atoms with Gasteiger partial charge in [0.05, 0.1) is 11.0 Å². The average Bonchev–Trinajstić information content (AvgIpc) is 2.89. The zero-order valence-corrected chi connectivity index (χ0v) is 9.80. The molecule has 1 atom stereocenters. The van der Waals surface area contributed by atoms with Crippen LogP contribution in [-0.4, -0.2) is 30.1 Å². The molecule has 0 unspecified atom stereocenters. The van der Waals surface area contributed by atoms with E-state index in [-0.39, 0.29) is 17.7 Å². The SMILES string of the molecule is O=C(NC[C@@H]1CCCO1)c1ccc([N+](=O)[O-])cc1. The van der Waals surface area contributed by atoms with Crippen LogP contribution in [0.3, 0.4) is 0 Å². The van der Waals surface area contributed by atoms with Gasteiger partial charge in [-0.1, -0.05) is 0 Å². The summed E-state index contributed by atoms with van der Waals surface area (Å²) >= 11 is 0. The average molecular weight is 250 g/mol. The molecular weight excluding hydrogens is 236 g/mol. The van der Waals surface area contributed by atoms with Crippen molar-refractivity contribution in [3.05, 3.63) is 39.9 Å². The second-order valence-electron chi connectivity index (χ2n) is 4.15. The quantitative estimate of drug-likeness (QED) is 0.648. The Morgan fingerprint density at radius 1 is 1.44 bits per heavy atom. The Labute approximate surface area is 104 Å². The number of hydrogen-bond donors (Lipinski definition) is 1. The number of carbonyl (C=O) groups is 1. The number of carbonyl (C=O) groups excluding carboxylic acids is 1. The van der Waals surface area contributed by atoms with Crippen LogP contribution in [0.2, 0.25) is 0 Å². The Morgan fingerprint density at radius 3 is 2.72 bits per heavy atom. The van der Waals surface area contributed by atoms with Crippen LogP contribution in [0.5, 0.6) is 0 Å². The minimum absolute atomic E-state index is 0.0225. The zero-order valence-electron chi connectivity index (χ0n) is 9.80. The van der Waals surface area contributed by atoms with Crippen molar-refractivity contribution >= 4 is 11.6 Å². The summed E-state index contributed by atoms with van der Waals surface area (Å²) in [5.41, 5.74) is 0.393. The van der Waals surface area contributed by atoms with Gasteiger partial charge < -0.3 is 10.1 Å². The fourth-order valence-corrected chi connectivity index (χ4v) is 1.85. The van der Waals surface area contributed by atoms with E-state index in [0.29, 0.717) is 12.1 Å². The predicted molar refractivity (Wildman–Crippen MR) is 64.4 cm³/mol. The van der Waals surface area contributed by atoms with Crippen molar-refractivity contribution in [2.75, 3.05) is 13.2 Å². The first-order chi connectivity index (χ1) is 8.66. The molecule has 0 bridgehead atoms. The largest absolute Gasteiger partial charge is 0.376 e. The first kappa shape index (κ1) is 12.5. The fourth-order valence-electron chi connectivity index (χ4n) is 1.85. The summed E-state index contributed by atoms with van der Waals surface area (Å²) < 4.78 is 5.39. The van der Waals surface area contributed by atoms with E-state index in [1.54, 1.807) is 0 Å². The van der Waals surface area contributed by atoms with Crippen LogP contribution in [0, 0.1) is 10.1 Å². The number of nitrogens with zero attached hydrogens (tertiary/aromatic N) is 1. The van der Waals surface area contributed by atoms with Gasteiger partial charge in [0, 0.05) is 30.8 Å². The monoisotopic (exact) mass is 250 g/mol. The molecule has 0 saturated carbocycles. The number of benzene rings is 1. The van der Waals surface area contributed by atoms with E-state index >= 15 is 0 Å². The molecule has 1 aliphatic heterocycles. The third-order valence-corrected chi connectivity index (χ3v) is 2.85. The number of non-ortho nitro benzene ring substituents is 1. The van der Waals surface area contributed by atoms with Gasteiger partial charge in [-0.25, -0.2) is 0 Å². The maximum atomic E-state index is 11.7. The molecule has 6 heteroatoms. The van der Waals surface area contributed by atoms with Crippen molar-refractivity contribution in [3.63, 3.8) is 0 Å². The molecule has 1 heterocycles.